The molecular formula is C14H24O2S. The lowest BCUT2D eigenvalue weighted by atomic mass is 9.93. The Morgan fingerprint density at radius 3 is 2.71 bits per heavy atom. The second kappa shape index (κ2) is 7.42. The van der Waals surface area contributed by atoms with Gasteiger partial charge in [-0.25, -0.2) is 0 Å². The predicted octanol–water partition coefficient (Wildman–Crippen LogP) is 3.44. The quantitative estimate of drug-likeness (QED) is 0.754. The molecule has 0 spiro atoms. The summed E-state index contributed by atoms with van der Waals surface area (Å²) in [6.07, 6.45) is 9.03. The molecule has 0 aliphatic carbocycles. The van der Waals surface area contributed by atoms with Gasteiger partial charge in [0.1, 0.15) is 5.78 Å². The highest BCUT2D eigenvalue weighted by Crippen LogP contribution is 2.26. The van der Waals surface area contributed by atoms with E-state index in [0.29, 0.717) is 17.8 Å². The van der Waals surface area contributed by atoms with E-state index in [4.69, 9.17) is 4.74 Å². The molecule has 2 aliphatic heterocycles. The van der Waals surface area contributed by atoms with Crippen LogP contribution in [-0.2, 0) is 9.53 Å². The van der Waals surface area contributed by atoms with Crippen molar-refractivity contribution in [3.05, 3.63) is 0 Å². The Hall–Kier alpha value is -0.0200. The highest BCUT2D eigenvalue weighted by Gasteiger charge is 2.19. The number of hydrogen-bond donors (Lipinski definition) is 0. The standard InChI is InChI=1S/C14H24O2S/c15-13(11-12-6-9-17-10-7-12)4-5-14-3-1-2-8-16-14/h12,14H,1-11H2. The summed E-state index contributed by atoms with van der Waals surface area (Å²) in [5.74, 6) is 3.65. The summed E-state index contributed by atoms with van der Waals surface area (Å²) >= 11 is 2.03. The third kappa shape index (κ3) is 5.01. The fourth-order valence-electron chi connectivity index (χ4n) is 2.73. The average molecular weight is 256 g/mol. The zero-order valence-electron chi connectivity index (χ0n) is 10.7. The van der Waals surface area contributed by atoms with Gasteiger partial charge in [-0.05, 0) is 55.9 Å². The fourth-order valence-corrected chi connectivity index (χ4v) is 3.94. The molecule has 1 atom stereocenters. The van der Waals surface area contributed by atoms with Crippen LogP contribution >= 0.6 is 11.8 Å². The second-order valence-corrected chi connectivity index (χ2v) is 6.55. The van der Waals surface area contributed by atoms with Crippen molar-refractivity contribution in [1.29, 1.82) is 0 Å². The monoisotopic (exact) mass is 256 g/mol. The summed E-state index contributed by atoms with van der Waals surface area (Å²) < 4.78 is 5.66. The molecule has 0 aromatic heterocycles. The van der Waals surface area contributed by atoms with Gasteiger partial charge in [0, 0.05) is 19.4 Å². The van der Waals surface area contributed by atoms with Crippen molar-refractivity contribution in [2.24, 2.45) is 5.92 Å². The summed E-state index contributed by atoms with van der Waals surface area (Å²) in [6, 6.07) is 0. The van der Waals surface area contributed by atoms with Gasteiger partial charge in [0.05, 0.1) is 6.10 Å². The Labute approximate surface area is 109 Å². The van der Waals surface area contributed by atoms with Crippen molar-refractivity contribution in [1.82, 2.24) is 0 Å². The number of ether oxygens (including phenoxy) is 1. The van der Waals surface area contributed by atoms with Crippen LogP contribution in [0.3, 0.4) is 0 Å². The van der Waals surface area contributed by atoms with Crippen molar-refractivity contribution in [2.75, 3.05) is 18.1 Å². The molecule has 3 heteroatoms. The lowest BCUT2D eigenvalue weighted by molar-refractivity contribution is -0.121. The first-order chi connectivity index (χ1) is 8.34. The Morgan fingerprint density at radius 1 is 1.18 bits per heavy atom. The highest BCUT2D eigenvalue weighted by molar-refractivity contribution is 7.99. The molecule has 0 radical (unpaired) electrons. The molecule has 0 aromatic carbocycles. The van der Waals surface area contributed by atoms with Crippen LogP contribution in [0.4, 0.5) is 0 Å². The maximum Gasteiger partial charge on any atom is 0.133 e. The van der Waals surface area contributed by atoms with Gasteiger partial charge in [0.2, 0.25) is 0 Å². The molecule has 0 saturated carbocycles. The summed E-state index contributed by atoms with van der Waals surface area (Å²) in [6.45, 7) is 0.901. The highest BCUT2D eigenvalue weighted by atomic mass is 32.2. The smallest absolute Gasteiger partial charge is 0.133 e. The molecule has 2 rings (SSSR count). The summed E-state index contributed by atoms with van der Waals surface area (Å²) in [5, 5.41) is 0. The van der Waals surface area contributed by atoms with Gasteiger partial charge in [-0.3, -0.25) is 4.79 Å². The van der Waals surface area contributed by atoms with Gasteiger partial charge < -0.3 is 4.74 Å². The third-order valence-electron chi connectivity index (χ3n) is 3.88. The minimum atomic E-state index is 0.370. The van der Waals surface area contributed by atoms with Gasteiger partial charge in [-0.15, -0.1) is 0 Å². The van der Waals surface area contributed by atoms with Gasteiger partial charge >= 0.3 is 0 Å². The molecule has 2 aliphatic rings. The van der Waals surface area contributed by atoms with E-state index in [9.17, 15) is 4.79 Å². The largest absolute Gasteiger partial charge is 0.378 e. The lowest BCUT2D eigenvalue weighted by Crippen LogP contribution is -2.21. The summed E-state index contributed by atoms with van der Waals surface area (Å²) in [5.41, 5.74) is 0. The molecule has 0 bridgehead atoms. The molecule has 2 saturated heterocycles. The van der Waals surface area contributed by atoms with Gasteiger partial charge in [0.15, 0.2) is 0 Å². The molecular weight excluding hydrogens is 232 g/mol. The van der Waals surface area contributed by atoms with Gasteiger partial charge in [-0.1, -0.05) is 0 Å². The zero-order chi connectivity index (χ0) is 11.9. The summed E-state index contributed by atoms with van der Waals surface area (Å²) in [7, 11) is 0. The van der Waals surface area contributed by atoms with E-state index in [0.717, 1.165) is 32.3 Å². The Bertz CT molecular complexity index is 230. The number of carbonyl (C=O) groups is 1. The average Bonchev–Trinajstić information content (AvgIpc) is 2.39. The number of rotatable bonds is 5. The molecule has 0 amide bonds. The first kappa shape index (κ1) is 13.4. The van der Waals surface area contributed by atoms with Crippen molar-refractivity contribution >= 4 is 17.5 Å². The maximum absolute atomic E-state index is 11.9. The van der Waals surface area contributed by atoms with Gasteiger partial charge in [-0.2, -0.15) is 11.8 Å². The minimum Gasteiger partial charge on any atom is -0.378 e. The molecule has 0 aromatic rings. The van der Waals surface area contributed by atoms with Crippen molar-refractivity contribution in [3.8, 4) is 0 Å². The zero-order valence-corrected chi connectivity index (χ0v) is 11.5. The Kier molecular flexibility index (Phi) is 5.86. The fraction of sp³-hybridized carbons (Fsp3) is 0.929. The molecule has 0 N–H and O–H groups in total. The number of carbonyl (C=O) groups excluding carboxylic acids is 1. The third-order valence-corrected chi connectivity index (χ3v) is 4.93. The first-order valence-electron chi connectivity index (χ1n) is 7.05. The topological polar surface area (TPSA) is 26.3 Å². The SMILES string of the molecule is O=C(CCC1CCCCO1)CC1CCSCC1. The van der Waals surface area contributed by atoms with Crippen LogP contribution < -0.4 is 0 Å². The van der Waals surface area contributed by atoms with Crippen LogP contribution in [0.2, 0.25) is 0 Å². The van der Waals surface area contributed by atoms with E-state index < -0.39 is 0 Å². The van der Waals surface area contributed by atoms with E-state index in [2.05, 4.69) is 0 Å². The molecule has 17 heavy (non-hydrogen) atoms. The van der Waals surface area contributed by atoms with Gasteiger partial charge in [0.25, 0.3) is 0 Å². The molecule has 98 valence electrons. The van der Waals surface area contributed by atoms with E-state index in [1.165, 1.54) is 37.2 Å². The molecule has 2 nitrogen and oxygen atoms in total. The number of hydrogen-bond acceptors (Lipinski definition) is 3. The van der Waals surface area contributed by atoms with Crippen LogP contribution in [0.15, 0.2) is 0 Å². The van der Waals surface area contributed by atoms with Crippen molar-refractivity contribution < 1.29 is 9.53 Å². The van der Waals surface area contributed by atoms with Crippen molar-refractivity contribution in [3.63, 3.8) is 0 Å². The van der Waals surface area contributed by atoms with E-state index in [1.54, 1.807) is 0 Å². The van der Waals surface area contributed by atoms with Crippen LogP contribution in [0.1, 0.15) is 51.4 Å². The van der Waals surface area contributed by atoms with E-state index in [1.807, 2.05) is 11.8 Å². The van der Waals surface area contributed by atoms with E-state index in [-0.39, 0.29) is 0 Å². The summed E-state index contributed by atoms with van der Waals surface area (Å²) in [4.78, 5) is 11.9. The number of ketones is 1. The van der Waals surface area contributed by atoms with Crippen molar-refractivity contribution in [2.45, 2.75) is 57.5 Å². The predicted molar refractivity (Wildman–Crippen MR) is 72.5 cm³/mol. The maximum atomic E-state index is 11.9. The van der Waals surface area contributed by atoms with E-state index >= 15 is 0 Å². The minimum absolute atomic E-state index is 0.370. The molecule has 2 heterocycles. The van der Waals surface area contributed by atoms with Crippen LogP contribution in [0.5, 0.6) is 0 Å². The number of thioether (sulfide) groups is 1. The second-order valence-electron chi connectivity index (χ2n) is 5.33. The Balaban J connectivity index is 1.59. The van der Waals surface area contributed by atoms with Crippen LogP contribution in [-0.4, -0.2) is 30.0 Å². The lowest BCUT2D eigenvalue weighted by Gasteiger charge is -2.23. The molecule has 1 unspecified atom stereocenters. The Morgan fingerprint density at radius 2 is 2.00 bits per heavy atom. The number of Topliss-reactive ketones (excluding diaryl/α,β-unsaturated/α-hetero) is 1. The van der Waals surface area contributed by atoms with Crippen LogP contribution in [0, 0.1) is 5.92 Å². The normalized spacial score (nSPS) is 26.9. The molecule has 2 fully saturated rings. The van der Waals surface area contributed by atoms with Crippen LogP contribution in [0.25, 0.3) is 0 Å². The first-order valence-corrected chi connectivity index (χ1v) is 8.21.